The Labute approximate surface area is 173 Å². The molecule has 5 atom stereocenters. The lowest BCUT2D eigenvalue weighted by Gasteiger charge is -2.42. The lowest BCUT2D eigenvalue weighted by molar-refractivity contribution is -0.0147. The van der Waals surface area contributed by atoms with Gasteiger partial charge in [-0.3, -0.25) is 0 Å². The van der Waals surface area contributed by atoms with Gasteiger partial charge in [-0.25, -0.2) is 0 Å². The third-order valence-electron chi connectivity index (χ3n) is 8.12. The second kappa shape index (κ2) is 9.79. The van der Waals surface area contributed by atoms with Gasteiger partial charge >= 0.3 is 0 Å². The molecule has 1 heteroatoms. The number of hydrogen-bond donors (Lipinski definition) is 0. The minimum atomic E-state index is 0.558. The maximum Gasteiger partial charge on any atom is 0.0578 e. The number of benzene rings is 1. The zero-order valence-corrected chi connectivity index (χ0v) is 18.4. The van der Waals surface area contributed by atoms with Gasteiger partial charge in [-0.1, -0.05) is 51.3 Å². The molecule has 0 radical (unpaired) electrons. The van der Waals surface area contributed by atoms with Crippen molar-refractivity contribution < 1.29 is 4.74 Å². The van der Waals surface area contributed by atoms with Crippen LogP contribution < -0.4 is 0 Å². The van der Waals surface area contributed by atoms with Crippen LogP contribution in [0, 0.1) is 17.8 Å². The summed E-state index contributed by atoms with van der Waals surface area (Å²) in [4.78, 5) is 0. The molecule has 5 unspecified atom stereocenters. The van der Waals surface area contributed by atoms with Crippen molar-refractivity contribution in [2.75, 3.05) is 6.61 Å². The lowest BCUT2D eigenvalue weighted by Crippen LogP contribution is -2.34. The van der Waals surface area contributed by atoms with E-state index in [1.807, 2.05) is 0 Å². The van der Waals surface area contributed by atoms with Crippen molar-refractivity contribution in [3.8, 4) is 0 Å². The molecule has 4 rings (SSSR count). The van der Waals surface area contributed by atoms with Crippen LogP contribution in [0.25, 0.3) is 0 Å². The molecule has 3 aliphatic rings. The second-order valence-electron chi connectivity index (χ2n) is 10.1. The van der Waals surface area contributed by atoms with Gasteiger partial charge in [-0.15, -0.1) is 0 Å². The van der Waals surface area contributed by atoms with E-state index in [-0.39, 0.29) is 0 Å². The fourth-order valence-electron chi connectivity index (χ4n) is 6.43. The molecular weight excluding hydrogens is 340 g/mol. The molecule has 0 amide bonds. The second-order valence-corrected chi connectivity index (χ2v) is 10.1. The van der Waals surface area contributed by atoms with E-state index in [1.165, 1.54) is 77.0 Å². The van der Waals surface area contributed by atoms with Crippen LogP contribution in [0.5, 0.6) is 0 Å². The van der Waals surface area contributed by atoms with Crippen molar-refractivity contribution in [3.63, 3.8) is 0 Å². The van der Waals surface area contributed by atoms with Gasteiger partial charge in [0.2, 0.25) is 0 Å². The molecule has 156 valence electrons. The highest BCUT2D eigenvalue weighted by molar-refractivity contribution is 5.36. The molecule has 2 saturated carbocycles. The summed E-state index contributed by atoms with van der Waals surface area (Å²) in [5, 5.41) is 0. The van der Waals surface area contributed by atoms with Crippen LogP contribution in [-0.4, -0.2) is 12.7 Å². The highest BCUT2D eigenvalue weighted by Gasteiger charge is 2.36. The summed E-state index contributed by atoms with van der Waals surface area (Å²) in [6.07, 6.45) is 18.3. The maximum absolute atomic E-state index is 6.09. The summed E-state index contributed by atoms with van der Waals surface area (Å²) < 4.78 is 6.09. The molecule has 0 saturated heterocycles. The molecule has 1 aromatic carbocycles. The standard InChI is InChI=1S/C27H42O/c1-3-5-6-20-7-8-22-17-23(10-9-21(22)16-20)24-11-12-26-19-27(28-15-4-2)14-13-25(26)18-24/h9-10,17,20,24-27H,3-8,11-16,18-19H2,1-2H3. The Bertz CT molecular complexity index is 621. The SMILES string of the molecule is CCCCC1CCc2cc(C3CCC4CC(OCCC)CCC4C3)ccc2C1. The molecule has 0 heterocycles. The number of rotatable bonds is 7. The molecule has 0 aliphatic heterocycles. The fourth-order valence-corrected chi connectivity index (χ4v) is 6.43. The molecule has 2 fully saturated rings. The number of fused-ring (bicyclic) bond motifs is 2. The van der Waals surface area contributed by atoms with Crippen molar-refractivity contribution in [1.29, 1.82) is 0 Å². The van der Waals surface area contributed by atoms with Gasteiger partial charge in [0.15, 0.2) is 0 Å². The van der Waals surface area contributed by atoms with Crippen LogP contribution in [0.15, 0.2) is 18.2 Å². The molecule has 1 aromatic rings. The smallest absolute Gasteiger partial charge is 0.0578 e. The summed E-state index contributed by atoms with van der Waals surface area (Å²) in [6.45, 7) is 5.50. The summed E-state index contributed by atoms with van der Waals surface area (Å²) in [6, 6.07) is 7.62. The molecular formula is C27H42O. The van der Waals surface area contributed by atoms with Gasteiger partial charge in [-0.2, -0.15) is 0 Å². The molecule has 0 aromatic heterocycles. The topological polar surface area (TPSA) is 9.23 Å². The normalized spacial score (nSPS) is 32.6. The first-order valence-electron chi connectivity index (χ1n) is 12.5. The van der Waals surface area contributed by atoms with Crippen molar-refractivity contribution in [3.05, 3.63) is 34.9 Å². The number of unbranched alkanes of at least 4 members (excludes halogenated alkanes) is 1. The highest BCUT2D eigenvalue weighted by atomic mass is 16.5. The molecule has 28 heavy (non-hydrogen) atoms. The molecule has 1 nitrogen and oxygen atoms in total. The van der Waals surface area contributed by atoms with Gasteiger partial charge < -0.3 is 4.74 Å². The van der Waals surface area contributed by atoms with E-state index in [0.29, 0.717) is 6.10 Å². The monoisotopic (exact) mass is 382 g/mol. The Kier molecular flexibility index (Phi) is 7.15. The quantitative estimate of drug-likeness (QED) is 0.475. The van der Waals surface area contributed by atoms with Crippen molar-refractivity contribution in [1.82, 2.24) is 0 Å². The van der Waals surface area contributed by atoms with Crippen LogP contribution in [0.1, 0.15) is 107 Å². The highest BCUT2D eigenvalue weighted by Crippen LogP contribution is 2.47. The first-order valence-corrected chi connectivity index (χ1v) is 12.5. The Morgan fingerprint density at radius 2 is 1.75 bits per heavy atom. The van der Waals surface area contributed by atoms with E-state index in [9.17, 15) is 0 Å². The summed E-state index contributed by atoms with van der Waals surface area (Å²) in [5.74, 6) is 3.65. The Morgan fingerprint density at radius 1 is 0.893 bits per heavy atom. The van der Waals surface area contributed by atoms with Gasteiger partial charge in [0.25, 0.3) is 0 Å². The Balaban J connectivity index is 1.34. The molecule has 0 spiro atoms. The predicted octanol–water partition coefficient (Wildman–Crippen LogP) is 7.46. The zero-order chi connectivity index (χ0) is 19.3. The lowest BCUT2D eigenvalue weighted by atomic mass is 9.65. The van der Waals surface area contributed by atoms with E-state index >= 15 is 0 Å². The number of hydrogen-bond acceptors (Lipinski definition) is 1. The minimum Gasteiger partial charge on any atom is -0.378 e. The molecule has 3 aliphatic carbocycles. The molecule has 0 bridgehead atoms. The van der Waals surface area contributed by atoms with Crippen molar-refractivity contribution in [2.24, 2.45) is 17.8 Å². The van der Waals surface area contributed by atoms with Gasteiger partial charge in [-0.05, 0) is 105 Å². The van der Waals surface area contributed by atoms with Crippen molar-refractivity contribution >= 4 is 0 Å². The van der Waals surface area contributed by atoms with Crippen molar-refractivity contribution in [2.45, 2.75) is 109 Å². The predicted molar refractivity (Wildman–Crippen MR) is 119 cm³/mol. The third-order valence-corrected chi connectivity index (χ3v) is 8.12. The van der Waals surface area contributed by atoms with Crippen LogP contribution in [-0.2, 0) is 17.6 Å². The van der Waals surface area contributed by atoms with Gasteiger partial charge in [0.1, 0.15) is 0 Å². The number of aryl methyl sites for hydroxylation is 1. The van der Waals surface area contributed by atoms with E-state index in [4.69, 9.17) is 4.74 Å². The van der Waals surface area contributed by atoms with E-state index in [1.54, 1.807) is 16.7 Å². The number of ether oxygens (including phenoxy) is 1. The van der Waals surface area contributed by atoms with E-state index in [2.05, 4.69) is 32.0 Å². The van der Waals surface area contributed by atoms with Crippen LogP contribution >= 0.6 is 0 Å². The van der Waals surface area contributed by atoms with Crippen LogP contribution in [0.3, 0.4) is 0 Å². The Morgan fingerprint density at radius 3 is 2.61 bits per heavy atom. The summed E-state index contributed by atoms with van der Waals surface area (Å²) in [5.41, 5.74) is 5.01. The first-order chi connectivity index (χ1) is 13.8. The third kappa shape index (κ3) is 4.84. The largest absolute Gasteiger partial charge is 0.378 e. The fraction of sp³-hybridized carbons (Fsp3) is 0.778. The van der Waals surface area contributed by atoms with Gasteiger partial charge in [0, 0.05) is 6.61 Å². The van der Waals surface area contributed by atoms with Gasteiger partial charge in [0.05, 0.1) is 6.10 Å². The Hall–Kier alpha value is -0.820. The van der Waals surface area contributed by atoms with Crippen LogP contribution in [0.4, 0.5) is 0 Å². The summed E-state index contributed by atoms with van der Waals surface area (Å²) >= 11 is 0. The zero-order valence-electron chi connectivity index (χ0n) is 18.4. The van der Waals surface area contributed by atoms with E-state index in [0.717, 1.165) is 36.7 Å². The average Bonchev–Trinajstić information content (AvgIpc) is 2.75. The van der Waals surface area contributed by atoms with Crippen LogP contribution in [0.2, 0.25) is 0 Å². The summed E-state index contributed by atoms with van der Waals surface area (Å²) in [7, 11) is 0. The minimum absolute atomic E-state index is 0.558. The first kappa shape index (κ1) is 20.5. The maximum atomic E-state index is 6.09. The van der Waals surface area contributed by atoms with E-state index < -0.39 is 0 Å². The average molecular weight is 383 g/mol. The molecule has 0 N–H and O–H groups in total.